The Kier molecular flexibility index (Phi) is 2.38. The molecule has 0 heterocycles. The summed E-state index contributed by atoms with van der Waals surface area (Å²) in [4.78, 5) is 0. The Balaban J connectivity index is 2.48. The third-order valence-electron chi connectivity index (χ3n) is 1.83. The van der Waals surface area contributed by atoms with E-state index in [4.69, 9.17) is 5.11 Å². The van der Waals surface area contributed by atoms with Crippen LogP contribution >= 0.6 is 0 Å². The SMILES string of the molecule is OC1CCC(=C(F)F)CC1. The number of hydrogen-bond acceptors (Lipinski definition) is 1. The second-order valence-corrected chi connectivity index (χ2v) is 2.60. The Morgan fingerprint density at radius 2 is 1.80 bits per heavy atom. The van der Waals surface area contributed by atoms with Gasteiger partial charge in [-0.1, -0.05) is 0 Å². The minimum absolute atomic E-state index is 0.227. The van der Waals surface area contributed by atoms with Crippen LogP contribution in [-0.4, -0.2) is 11.2 Å². The molecule has 0 aromatic carbocycles. The Labute approximate surface area is 58.4 Å². The van der Waals surface area contributed by atoms with Crippen LogP contribution in [0.3, 0.4) is 0 Å². The van der Waals surface area contributed by atoms with E-state index in [1.54, 1.807) is 0 Å². The second kappa shape index (κ2) is 3.10. The summed E-state index contributed by atoms with van der Waals surface area (Å²) in [5.74, 6) is 0. The van der Waals surface area contributed by atoms with Gasteiger partial charge in [0, 0.05) is 0 Å². The highest BCUT2D eigenvalue weighted by Gasteiger charge is 2.16. The maximum absolute atomic E-state index is 11.8. The molecule has 0 aromatic rings. The van der Waals surface area contributed by atoms with E-state index >= 15 is 0 Å². The topological polar surface area (TPSA) is 20.2 Å². The van der Waals surface area contributed by atoms with E-state index in [1.807, 2.05) is 0 Å². The Bertz CT molecular complexity index is 140. The third-order valence-corrected chi connectivity index (χ3v) is 1.83. The molecule has 1 N–H and O–H groups in total. The Hall–Kier alpha value is -0.440. The molecular weight excluding hydrogens is 138 g/mol. The van der Waals surface area contributed by atoms with Crippen molar-refractivity contribution in [3.63, 3.8) is 0 Å². The number of aliphatic hydroxyl groups is 1. The van der Waals surface area contributed by atoms with Gasteiger partial charge in [-0.05, 0) is 31.3 Å². The summed E-state index contributed by atoms with van der Waals surface area (Å²) in [5.41, 5.74) is 0.227. The maximum Gasteiger partial charge on any atom is 0.269 e. The highest BCUT2D eigenvalue weighted by atomic mass is 19.3. The molecule has 0 aliphatic heterocycles. The van der Waals surface area contributed by atoms with Crippen LogP contribution in [0.2, 0.25) is 0 Å². The minimum atomic E-state index is -1.55. The summed E-state index contributed by atoms with van der Waals surface area (Å²) in [5, 5.41) is 8.94. The van der Waals surface area contributed by atoms with Crippen LogP contribution in [0.1, 0.15) is 25.7 Å². The average molecular weight is 148 g/mol. The number of allylic oxidation sites excluding steroid dienone is 1. The highest BCUT2D eigenvalue weighted by molar-refractivity contribution is 5.05. The molecule has 1 nitrogen and oxygen atoms in total. The van der Waals surface area contributed by atoms with Crippen LogP contribution in [0.25, 0.3) is 0 Å². The van der Waals surface area contributed by atoms with E-state index in [-0.39, 0.29) is 11.7 Å². The molecule has 3 heteroatoms. The van der Waals surface area contributed by atoms with Crippen molar-refractivity contribution in [3.8, 4) is 0 Å². The molecule has 10 heavy (non-hydrogen) atoms. The fourth-order valence-corrected chi connectivity index (χ4v) is 1.14. The lowest BCUT2D eigenvalue weighted by Gasteiger charge is -2.17. The van der Waals surface area contributed by atoms with E-state index < -0.39 is 6.08 Å². The summed E-state index contributed by atoms with van der Waals surface area (Å²) >= 11 is 0. The van der Waals surface area contributed by atoms with Gasteiger partial charge in [-0.25, -0.2) is 0 Å². The first kappa shape index (κ1) is 7.66. The van der Waals surface area contributed by atoms with Gasteiger partial charge < -0.3 is 5.11 Å². The van der Waals surface area contributed by atoms with Gasteiger partial charge in [0.1, 0.15) is 0 Å². The zero-order valence-corrected chi connectivity index (χ0v) is 5.61. The summed E-state index contributed by atoms with van der Waals surface area (Å²) in [6, 6.07) is 0. The molecule has 1 aliphatic rings. The lowest BCUT2D eigenvalue weighted by molar-refractivity contribution is 0.141. The average Bonchev–Trinajstić information content (AvgIpc) is 1.88. The van der Waals surface area contributed by atoms with Gasteiger partial charge in [-0.15, -0.1) is 0 Å². The molecule has 0 spiro atoms. The summed E-state index contributed by atoms with van der Waals surface area (Å²) in [6.45, 7) is 0. The molecule has 1 aliphatic carbocycles. The third kappa shape index (κ3) is 1.77. The van der Waals surface area contributed by atoms with Crippen molar-refractivity contribution in [1.29, 1.82) is 0 Å². The molecule has 1 fully saturated rings. The number of hydrogen-bond donors (Lipinski definition) is 1. The van der Waals surface area contributed by atoms with Gasteiger partial charge in [0.25, 0.3) is 6.08 Å². The highest BCUT2D eigenvalue weighted by Crippen LogP contribution is 2.26. The molecule has 0 aromatic heterocycles. The van der Waals surface area contributed by atoms with E-state index in [1.165, 1.54) is 0 Å². The number of aliphatic hydroxyl groups excluding tert-OH is 1. The molecule has 1 saturated carbocycles. The lowest BCUT2D eigenvalue weighted by Crippen LogP contribution is -2.12. The summed E-state index contributed by atoms with van der Waals surface area (Å²) in [7, 11) is 0. The molecule has 1 rings (SSSR count). The van der Waals surface area contributed by atoms with Gasteiger partial charge in [0.2, 0.25) is 0 Å². The molecule has 0 bridgehead atoms. The minimum Gasteiger partial charge on any atom is -0.393 e. The smallest absolute Gasteiger partial charge is 0.269 e. The van der Waals surface area contributed by atoms with E-state index in [0.717, 1.165) is 0 Å². The van der Waals surface area contributed by atoms with E-state index in [0.29, 0.717) is 25.7 Å². The molecule has 0 radical (unpaired) electrons. The largest absolute Gasteiger partial charge is 0.393 e. The van der Waals surface area contributed by atoms with Crippen molar-refractivity contribution < 1.29 is 13.9 Å². The number of rotatable bonds is 0. The van der Waals surface area contributed by atoms with Crippen LogP contribution in [-0.2, 0) is 0 Å². The summed E-state index contributed by atoms with van der Waals surface area (Å²) < 4.78 is 23.7. The molecule has 58 valence electrons. The Morgan fingerprint density at radius 3 is 2.20 bits per heavy atom. The van der Waals surface area contributed by atoms with Gasteiger partial charge in [0.05, 0.1) is 6.10 Å². The molecular formula is C7H10F2O. The van der Waals surface area contributed by atoms with Gasteiger partial charge in [-0.3, -0.25) is 0 Å². The Morgan fingerprint density at radius 1 is 1.30 bits per heavy atom. The monoisotopic (exact) mass is 148 g/mol. The van der Waals surface area contributed by atoms with Crippen LogP contribution in [0.15, 0.2) is 11.7 Å². The zero-order chi connectivity index (χ0) is 7.56. The second-order valence-electron chi connectivity index (χ2n) is 2.60. The fraction of sp³-hybridized carbons (Fsp3) is 0.714. The lowest BCUT2D eigenvalue weighted by atomic mass is 9.94. The van der Waals surface area contributed by atoms with Crippen molar-refractivity contribution in [3.05, 3.63) is 11.7 Å². The molecule has 0 unspecified atom stereocenters. The van der Waals surface area contributed by atoms with Gasteiger partial charge >= 0.3 is 0 Å². The van der Waals surface area contributed by atoms with Crippen molar-refractivity contribution in [2.24, 2.45) is 0 Å². The molecule has 0 saturated heterocycles. The van der Waals surface area contributed by atoms with Crippen LogP contribution < -0.4 is 0 Å². The van der Waals surface area contributed by atoms with Crippen molar-refractivity contribution in [2.45, 2.75) is 31.8 Å². The quantitative estimate of drug-likeness (QED) is 0.557. The first-order chi connectivity index (χ1) is 4.70. The number of halogens is 2. The van der Waals surface area contributed by atoms with Crippen LogP contribution in [0, 0.1) is 0 Å². The zero-order valence-electron chi connectivity index (χ0n) is 5.61. The first-order valence-electron chi connectivity index (χ1n) is 3.41. The first-order valence-corrected chi connectivity index (χ1v) is 3.41. The van der Waals surface area contributed by atoms with Crippen LogP contribution in [0.4, 0.5) is 8.78 Å². The summed E-state index contributed by atoms with van der Waals surface area (Å²) in [6.07, 6.45) is -0.193. The standard InChI is InChI=1S/C7H10F2O/c8-7(9)5-1-3-6(10)4-2-5/h6,10H,1-4H2. The predicted octanol–water partition coefficient (Wildman–Crippen LogP) is 2.07. The molecule has 0 amide bonds. The van der Waals surface area contributed by atoms with E-state index in [9.17, 15) is 8.78 Å². The van der Waals surface area contributed by atoms with Crippen molar-refractivity contribution in [1.82, 2.24) is 0 Å². The van der Waals surface area contributed by atoms with Gasteiger partial charge in [-0.2, -0.15) is 8.78 Å². The van der Waals surface area contributed by atoms with Crippen LogP contribution in [0.5, 0.6) is 0 Å². The fourth-order valence-electron chi connectivity index (χ4n) is 1.14. The normalized spacial score (nSPS) is 26.7. The van der Waals surface area contributed by atoms with Crippen molar-refractivity contribution in [2.75, 3.05) is 0 Å². The van der Waals surface area contributed by atoms with Crippen molar-refractivity contribution >= 4 is 0 Å². The van der Waals surface area contributed by atoms with Gasteiger partial charge in [0.15, 0.2) is 0 Å². The predicted molar refractivity (Wildman–Crippen MR) is 33.7 cm³/mol. The molecule has 0 atom stereocenters. The maximum atomic E-state index is 11.8. The van der Waals surface area contributed by atoms with E-state index in [2.05, 4.69) is 0 Å².